The van der Waals surface area contributed by atoms with Gasteiger partial charge in [0, 0.05) is 16.6 Å². The summed E-state index contributed by atoms with van der Waals surface area (Å²) >= 11 is 4.26. The van der Waals surface area contributed by atoms with Crippen molar-refractivity contribution in [1.29, 1.82) is 0 Å². The van der Waals surface area contributed by atoms with Gasteiger partial charge >= 0.3 is 0 Å². The van der Waals surface area contributed by atoms with Crippen molar-refractivity contribution >= 4 is 50.6 Å². The summed E-state index contributed by atoms with van der Waals surface area (Å²) in [5.74, 6) is 0.519. The fourth-order valence-electron chi connectivity index (χ4n) is 3.37. The van der Waals surface area contributed by atoms with Crippen molar-refractivity contribution in [2.45, 2.75) is 13.2 Å². The van der Waals surface area contributed by atoms with Gasteiger partial charge in [-0.25, -0.2) is 0 Å². The van der Waals surface area contributed by atoms with Crippen molar-refractivity contribution in [1.82, 2.24) is 4.90 Å². The topological polar surface area (TPSA) is 99.0 Å². The molecule has 1 heterocycles. The normalized spacial score (nSPS) is 14.5. The number of halogens is 1. The smallest absolute Gasteiger partial charge is 0.293 e. The highest BCUT2D eigenvalue weighted by Crippen LogP contribution is 2.35. The van der Waals surface area contributed by atoms with E-state index in [0.717, 1.165) is 21.8 Å². The fourth-order valence-corrected chi connectivity index (χ4v) is 4.48. The number of hydrogen-bond acceptors (Lipinski definition) is 7. The standard InChI is InChI=1S/C25H19BrN2O6S/c1-33-22-12-17(7-10-21(22)34-15-18-3-2-4-20(11-18)28(31)32)13-23-24(29)27(25(30)35-23)14-16-5-8-19(26)9-6-16/h2-13H,14-15H2,1H3/b23-13+. The van der Waals surface area contributed by atoms with Gasteiger partial charge in [-0.15, -0.1) is 0 Å². The molecule has 1 fully saturated rings. The Morgan fingerprint density at radius 2 is 1.80 bits per heavy atom. The fraction of sp³-hybridized carbons (Fsp3) is 0.120. The van der Waals surface area contributed by atoms with E-state index in [2.05, 4.69) is 15.9 Å². The third-order valence-electron chi connectivity index (χ3n) is 5.13. The van der Waals surface area contributed by atoms with Crippen LogP contribution in [0.4, 0.5) is 10.5 Å². The Balaban J connectivity index is 1.47. The molecule has 0 N–H and O–H groups in total. The number of ether oxygens (including phenoxy) is 2. The second-order valence-corrected chi connectivity index (χ2v) is 9.43. The number of non-ortho nitro benzene ring substituents is 1. The summed E-state index contributed by atoms with van der Waals surface area (Å²) in [6.07, 6.45) is 1.64. The maximum absolute atomic E-state index is 12.9. The van der Waals surface area contributed by atoms with E-state index in [4.69, 9.17) is 9.47 Å². The summed E-state index contributed by atoms with van der Waals surface area (Å²) in [7, 11) is 1.49. The van der Waals surface area contributed by atoms with Gasteiger partial charge in [-0.05, 0) is 58.8 Å². The first-order valence-electron chi connectivity index (χ1n) is 10.4. The summed E-state index contributed by atoms with van der Waals surface area (Å²) in [5, 5.41) is 10.6. The monoisotopic (exact) mass is 554 g/mol. The van der Waals surface area contributed by atoms with Gasteiger partial charge in [0.25, 0.3) is 16.8 Å². The molecular formula is C25H19BrN2O6S. The van der Waals surface area contributed by atoms with Crippen LogP contribution >= 0.6 is 27.7 Å². The number of thioether (sulfide) groups is 1. The number of imide groups is 1. The molecule has 0 spiro atoms. The molecule has 8 nitrogen and oxygen atoms in total. The molecule has 10 heteroatoms. The molecule has 0 saturated carbocycles. The molecule has 0 aromatic heterocycles. The van der Waals surface area contributed by atoms with Gasteiger partial charge in [-0.1, -0.05) is 46.3 Å². The van der Waals surface area contributed by atoms with Crippen LogP contribution < -0.4 is 9.47 Å². The maximum atomic E-state index is 12.9. The van der Waals surface area contributed by atoms with Crippen LogP contribution in [-0.2, 0) is 17.9 Å². The Labute approximate surface area is 213 Å². The lowest BCUT2D eigenvalue weighted by Crippen LogP contribution is -2.27. The Hall–Kier alpha value is -3.63. The Morgan fingerprint density at radius 1 is 1.03 bits per heavy atom. The molecule has 0 aliphatic carbocycles. The van der Waals surface area contributed by atoms with E-state index in [-0.39, 0.29) is 30.0 Å². The highest BCUT2D eigenvalue weighted by molar-refractivity contribution is 9.10. The number of hydrogen-bond donors (Lipinski definition) is 0. The zero-order chi connectivity index (χ0) is 24.9. The van der Waals surface area contributed by atoms with Crippen LogP contribution in [0.3, 0.4) is 0 Å². The first kappa shape index (κ1) is 24.5. The predicted molar refractivity (Wildman–Crippen MR) is 136 cm³/mol. The zero-order valence-corrected chi connectivity index (χ0v) is 20.9. The summed E-state index contributed by atoms with van der Waals surface area (Å²) < 4.78 is 12.1. The molecule has 0 atom stereocenters. The van der Waals surface area contributed by atoms with E-state index in [9.17, 15) is 19.7 Å². The van der Waals surface area contributed by atoms with Crippen molar-refractivity contribution in [3.63, 3.8) is 0 Å². The average molecular weight is 555 g/mol. The molecule has 4 rings (SSSR count). The Kier molecular flexibility index (Phi) is 7.52. The molecule has 0 radical (unpaired) electrons. The number of nitrogens with zero attached hydrogens (tertiary/aromatic N) is 2. The number of carbonyl (C=O) groups excluding carboxylic acids is 2. The van der Waals surface area contributed by atoms with Gasteiger partial charge in [0.15, 0.2) is 11.5 Å². The first-order chi connectivity index (χ1) is 16.8. The van der Waals surface area contributed by atoms with Gasteiger partial charge in [-0.3, -0.25) is 24.6 Å². The minimum absolute atomic E-state index is 0.0116. The number of amides is 2. The predicted octanol–water partition coefficient (Wildman–Crippen LogP) is 6.18. The van der Waals surface area contributed by atoms with E-state index >= 15 is 0 Å². The second kappa shape index (κ2) is 10.7. The third kappa shape index (κ3) is 5.90. The molecule has 0 bridgehead atoms. The van der Waals surface area contributed by atoms with Crippen LogP contribution in [0, 0.1) is 10.1 Å². The molecule has 1 aliphatic rings. The van der Waals surface area contributed by atoms with E-state index < -0.39 is 4.92 Å². The lowest BCUT2D eigenvalue weighted by Gasteiger charge is -2.12. The summed E-state index contributed by atoms with van der Waals surface area (Å²) in [4.78, 5) is 37.3. The zero-order valence-electron chi connectivity index (χ0n) is 18.5. The van der Waals surface area contributed by atoms with Crippen LogP contribution in [0.2, 0.25) is 0 Å². The van der Waals surface area contributed by atoms with E-state index in [1.807, 2.05) is 24.3 Å². The van der Waals surface area contributed by atoms with E-state index in [1.54, 1.807) is 36.4 Å². The minimum Gasteiger partial charge on any atom is -0.493 e. The third-order valence-corrected chi connectivity index (χ3v) is 6.56. The average Bonchev–Trinajstić information content (AvgIpc) is 3.11. The number of nitro benzene ring substituents is 1. The van der Waals surface area contributed by atoms with Crippen molar-refractivity contribution in [3.05, 3.63) is 103 Å². The highest BCUT2D eigenvalue weighted by Gasteiger charge is 2.35. The van der Waals surface area contributed by atoms with Gasteiger partial charge < -0.3 is 9.47 Å². The van der Waals surface area contributed by atoms with Crippen LogP contribution in [0.1, 0.15) is 16.7 Å². The lowest BCUT2D eigenvalue weighted by molar-refractivity contribution is -0.384. The van der Waals surface area contributed by atoms with Crippen molar-refractivity contribution in [3.8, 4) is 11.5 Å². The quantitative estimate of drug-likeness (QED) is 0.186. The molecule has 1 aliphatic heterocycles. The number of benzene rings is 3. The van der Waals surface area contributed by atoms with Gasteiger partial charge in [0.05, 0.1) is 23.5 Å². The summed E-state index contributed by atoms with van der Waals surface area (Å²) in [6, 6.07) is 18.8. The van der Waals surface area contributed by atoms with Crippen LogP contribution in [0.25, 0.3) is 6.08 Å². The van der Waals surface area contributed by atoms with Crippen LogP contribution in [0.5, 0.6) is 11.5 Å². The van der Waals surface area contributed by atoms with Crippen LogP contribution in [0.15, 0.2) is 76.1 Å². The molecule has 0 unspecified atom stereocenters. The molecule has 35 heavy (non-hydrogen) atoms. The largest absolute Gasteiger partial charge is 0.493 e. The number of nitro groups is 1. The summed E-state index contributed by atoms with van der Waals surface area (Å²) in [6.45, 7) is 0.315. The van der Waals surface area contributed by atoms with Crippen molar-refractivity contribution < 1.29 is 24.0 Å². The summed E-state index contributed by atoms with van der Waals surface area (Å²) in [5.41, 5.74) is 2.15. The molecule has 3 aromatic rings. The molecule has 2 amide bonds. The SMILES string of the molecule is COc1cc(/C=C2/SC(=O)N(Cc3ccc(Br)cc3)C2=O)ccc1OCc1cccc([N+](=O)[O-])c1. The first-order valence-corrected chi connectivity index (χ1v) is 12.0. The van der Waals surface area contributed by atoms with Crippen molar-refractivity contribution in [2.24, 2.45) is 0 Å². The molecule has 1 saturated heterocycles. The highest BCUT2D eigenvalue weighted by atomic mass is 79.9. The van der Waals surface area contributed by atoms with E-state index in [0.29, 0.717) is 27.5 Å². The van der Waals surface area contributed by atoms with Gasteiger partial charge in [-0.2, -0.15) is 0 Å². The Bertz CT molecular complexity index is 1330. The van der Waals surface area contributed by atoms with Crippen molar-refractivity contribution in [2.75, 3.05) is 7.11 Å². The molecule has 3 aromatic carbocycles. The maximum Gasteiger partial charge on any atom is 0.293 e. The second-order valence-electron chi connectivity index (χ2n) is 7.52. The number of carbonyl (C=O) groups is 2. The van der Waals surface area contributed by atoms with Gasteiger partial charge in [0.2, 0.25) is 0 Å². The lowest BCUT2D eigenvalue weighted by atomic mass is 10.1. The molecular weight excluding hydrogens is 536 g/mol. The molecule has 178 valence electrons. The number of methoxy groups -OCH3 is 1. The Morgan fingerprint density at radius 3 is 2.51 bits per heavy atom. The van der Waals surface area contributed by atoms with Crippen LogP contribution in [-0.4, -0.2) is 28.1 Å². The van der Waals surface area contributed by atoms with Gasteiger partial charge in [0.1, 0.15) is 6.61 Å². The number of rotatable bonds is 8. The minimum atomic E-state index is -0.459. The van der Waals surface area contributed by atoms with E-state index in [1.165, 1.54) is 24.1 Å².